The van der Waals surface area contributed by atoms with Crippen LogP contribution in [0.4, 0.5) is 0 Å². The highest BCUT2D eigenvalue weighted by Crippen LogP contribution is 2.25. The van der Waals surface area contributed by atoms with Crippen LogP contribution in [-0.4, -0.2) is 40.1 Å². The monoisotopic (exact) mass is 322 g/mol. The van der Waals surface area contributed by atoms with E-state index < -0.39 is 0 Å². The van der Waals surface area contributed by atoms with Crippen LogP contribution in [0.5, 0.6) is 0 Å². The maximum absolute atomic E-state index is 12.6. The number of carbonyl (C=O) groups excluding carboxylic acids is 1. The second kappa shape index (κ2) is 7.47. The topological polar surface area (TPSA) is 66.6 Å². The lowest BCUT2D eigenvalue weighted by Gasteiger charge is -2.35. The van der Waals surface area contributed by atoms with Crippen molar-refractivity contribution in [3.8, 4) is 0 Å². The molecule has 1 saturated heterocycles. The molecule has 0 radical (unpaired) electrons. The molecule has 0 aromatic carbocycles. The zero-order valence-corrected chi connectivity index (χ0v) is 14.9. The fraction of sp³-hybridized carbons (Fsp3) is 0.778. The molecule has 1 aromatic rings. The van der Waals surface area contributed by atoms with E-state index in [0.29, 0.717) is 19.3 Å². The van der Waals surface area contributed by atoms with Gasteiger partial charge in [0.1, 0.15) is 5.76 Å². The minimum atomic E-state index is -0.119. The van der Waals surface area contributed by atoms with E-state index in [1.807, 2.05) is 11.8 Å². The molecule has 0 saturated carbocycles. The molecule has 5 heteroatoms. The van der Waals surface area contributed by atoms with Gasteiger partial charge in [-0.3, -0.25) is 4.79 Å². The minimum absolute atomic E-state index is 0.119. The van der Waals surface area contributed by atoms with Crippen molar-refractivity contribution in [2.45, 2.75) is 77.7 Å². The highest BCUT2D eigenvalue weighted by molar-refractivity contribution is 5.76. The van der Waals surface area contributed by atoms with Crippen LogP contribution in [0.3, 0.4) is 0 Å². The number of amides is 1. The van der Waals surface area contributed by atoms with Gasteiger partial charge in [-0.05, 0) is 32.6 Å². The highest BCUT2D eigenvalue weighted by atomic mass is 16.4. The summed E-state index contributed by atoms with van der Waals surface area (Å²) in [5, 5.41) is 9.18. The number of aliphatic hydroxyl groups excluding tert-OH is 1. The normalized spacial score (nSPS) is 19.2. The van der Waals surface area contributed by atoms with E-state index in [4.69, 9.17) is 4.42 Å². The average Bonchev–Trinajstić information content (AvgIpc) is 2.87. The van der Waals surface area contributed by atoms with Gasteiger partial charge in [0, 0.05) is 37.5 Å². The first-order chi connectivity index (χ1) is 10.8. The van der Waals surface area contributed by atoms with Crippen LogP contribution < -0.4 is 0 Å². The standard InChI is InChI=1S/C18H30N2O3/c1-13-15(23-17(19-13)18(2,3)4)8-9-16(22)20-11-6-5-7-14(20)10-12-21/h14,21H,5-12H2,1-4H3. The van der Waals surface area contributed by atoms with Crippen molar-refractivity contribution in [2.75, 3.05) is 13.2 Å². The SMILES string of the molecule is Cc1nc(C(C)(C)C)oc1CCC(=O)N1CCCCC1CCO. The highest BCUT2D eigenvalue weighted by Gasteiger charge is 2.27. The van der Waals surface area contributed by atoms with Crippen LogP contribution in [0, 0.1) is 6.92 Å². The molecule has 0 bridgehead atoms. The second-order valence-electron chi connectivity index (χ2n) is 7.53. The Morgan fingerprint density at radius 1 is 1.39 bits per heavy atom. The van der Waals surface area contributed by atoms with Crippen molar-refractivity contribution in [3.63, 3.8) is 0 Å². The van der Waals surface area contributed by atoms with Crippen molar-refractivity contribution in [1.29, 1.82) is 0 Å². The molecule has 1 amide bonds. The lowest BCUT2D eigenvalue weighted by molar-refractivity contribution is -0.135. The molecule has 1 aliphatic rings. The quantitative estimate of drug-likeness (QED) is 0.905. The molecule has 1 aliphatic heterocycles. The molecule has 1 aromatic heterocycles. The van der Waals surface area contributed by atoms with Crippen LogP contribution in [-0.2, 0) is 16.6 Å². The second-order valence-corrected chi connectivity index (χ2v) is 7.53. The third kappa shape index (κ3) is 4.56. The third-order valence-electron chi connectivity index (χ3n) is 4.51. The Kier molecular flexibility index (Phi) is 5.84. The Morgan fingerprint density at radius 2 is 2.13 bits per heavy atom. The summed E-state index contributed by atoms with van der Waals surface area (Å²) in [6.45, 7) is 9.10. The molecular weight excluding hydrogens is 292 g/mol. The lowest BCUT2D eigenvalue weighted by Crippen LogP contribution is -2.44. The molecule has 2 rings (SSSR count). The van der Waals surface area contributed by atoms with Gasteiger partial charge in [0.05, 0.1) is 5.69 Å². The van der Waals surface area contributed by atoms with E-state index in [0.717, 1.165) is 43.2 Å². The number of carbonyl (C=O) groups is 1. The van der Waals surface area contributed by atoms with Crippen molar-refractivity contribution in [3.05, 3.63) is 17.3 Å². The summed E-state index contributed by atoms with van der Waals surface area (Å²) < 4.78 is 5.87. The van der Waals surface area contributed by atoms with E-state index in [1.165, 1.54) is 0 Å². The molecule has 1 fully saturated rings. The fourth-order valence-electron chi connectivity index (χ4n) is 3.12. The van der Waals surface area contributed by atoms with E-state index in [9.17, 15) is 9.90 Å². The number of rotatable bonds is 5. The van der Waals surface area contributed by atoms with Crippen LogP contribution in [0.1, 0.15) is 70.2 Å². The van der Waals surface area contributed by atoms with Crippen LogP contribution in [0.15, 0.2) is 4.42 Å². The first kappa shape index (κ1) is 18.0. The Labute approximate surface area is 139 Å². The number of hydrogen-bond acceptors (Lipinski definition) is 4. The Balaban J connectivity index is 1.97. The molecule has 2 heterocycles. The van der Waals surface area contributed by atoms with E-state index in [1.54, 1.807) is 0 Å². The molecule has 0 spiro atoms. The molecule has 0 aliphatic carbocycles. The zero-order chi connectivity index (χ0) is 17.0. The summed E-state index contributed by atoms with van der Waals surface area (Å²) >= 11 is 0. The predicted molar refractivity (Wildman–Crippen MR) is 89.3 cm³/mol. The number of likely N-dealkylation sites (tertiary alicyclic amines) is 1. The molecule has 23 heavy (non-hydrogen) atoms. The smallest absolute Gasteiger partial charge is 0.223 e. The lowest BCUT2D eigenvalue weighted by atomic mass is 9.97. The van der Waals surface area contributed by atoms with Gasteiger partial charge in [0.15, 0.2) is 5.89 Å². The first-order valence-corrected chi connectivity index (χ1v) is 8.70. The van der Waals surface area contributed by atoms with E-state index in [-0.39, 0.29) is 24.0 Å². The van der Waals surface area contributed by atoms with Crippen LogP contribution in [0.2, 0.25) is 0 Å². The first-order valence-electron chi connectivity index (χ1n) is 8.70. The number of piperidine rings is 1. The maximum Gasteiger partial charge on any atom is 0.223 e. The van der Waals surface area contributed by atoms with E-state index in [2.05, 4.69) is 25.8 Å². The predicted octanol–water partition coefficient (Wildman–Crippen LogP) is 2.98. The summed E-state index contributed by atoms with van der Waals surface area (Å²) in [6, 6.07) is 0.196. The largest absolute Gasteiger partial charge is 0.445 e. The van der Waals surface area contributed by atoms with Gasteiger partial charge < -0.3 is 14.4 Å². The molecule has 1 N–H and O–H groups in total. The number of aryl methyl sites for hydroxylation is 2. The average molecular weight is 322 g/mol. The summed E-state index contributed by atoms with van der Waals surface area (Å²) in [7, 11) is 0. The van der Waals surface area contributed by atoms with E-state index >= 15 is 0 Å². The molecule has 130 valence electrons. The number of oxazole rings is 1. The van der Waals surface area contributed by atoms with Crippen molar-refractivity contribution in [2.24, 2.45) is 0 Å². The number of aliphatic hydroxyl groups is 1. The number of hydrogen-bond donors (Lipinski definition) is 1. The van der Waals surface area contributed by atoms with Gasteiger partial charge in [-0.2, -0.15) is 0 Å². The minimum Gasteiger partial charge on any atom is -0.445 e. The van der Waals surface area contributed by atoms with Gasteiger partial charge in [-0.25, -0.2) is 4.98 Å². The fourth-order valence-corrected chi connectivity index (χ4v) is 3.12. The van der Waals surface area contributed by atoms with Gasteiger partial charge in [-0.15, -0.1) is 0 Å². The summed E-state index contributed by atoms with van der Waals surface area (Å²) in [6.07, 6.45) is 4.93. The third-order valence-corrected chi connectivity index (χ3v) is 4.51. The number of aromatic nitrogens is 1. The van der Waals surface area contributed by atoms with Crippen LogP contribution >= 0.6 is 0 Å². The Morgan fingerprint density at radius 3 is 2.74 bits per heavy atom. The zero-order valence-electron chi connectivity index (χ0n) is 14.9. The van der Waals surface area contributed by atoms with Crippen molar-refractivity contribution >= 4 is 5.91 Å². The Bertz CT molecular complexity index is 529. The maximum atomic E-state index is 12.6. The molecule has 1 unspecified atom stereocenters. The van der Waals surface area contributed by atoms with Crippen molar-refractivity contribution < 1.29 is 14.3 Å². The molecule has 1 atom stereocenters. The number of nitrogens with zero attached hydrogens (tertiary/aromatic N) is 2. The molecular formula is C18H30N2O3. The van der Waals surface area contributed by atoms with Gasteiger partial charge in [-0.1, -0.05) is 20.8 Å². The van der Waals surface area contributed by atoms with Gasteiger partial charge in [0.2, 0.25) is 5.91 Å². The summed E-state index contributed by atoms with van der Waals surface area (Å²) in [4.78, 5) is 19.0. The summed E-state index contributed by atoms with van der Waals surface area (Å²) in [5.74, 6) is 1.71. The van der Waals surface area contributed by atoms with Crippen LogP contribution in [0.25, 0.3) is 0 Å². The molecule has 5 nitrogen and oxygen atoms in total. The van der Waals surface area contributed by atoms with Gasteiger partial charge in [0.25, 0.3) is 0 Å². The summed E-state index contributed by atoms with van der Waals surface area (Å²) in [5.41, 5.74) is 0.764. The van der Waals surface area contributed by atoms with Crippen molar-refractivity contribution in [1.82, 2.24) is 9.88 Å². The Hall–Kier alpha value is -1.36. The van der Waals surface area contributed by atoms with Gasteiger partial charge >= 0.3 is 0 Å².